The van der Waals surface area contributed by atoms with Gasteiger partial charge in [0.1, 0.15) is 9.84 Å². The number of benzene rings is 1. The Bertz CT molecular complexity index is 745. The van der Waals surface area contributed by atoms with Crippen LogP contribution in [0.25, 0.3) is 11.4 Å². The van der Waals surface area contributed by atoms with Gasteiger partial charge in [-0.25, -0.2) is 12.8 Å². The zero-order valence-corrected chi connectivity index (χ0v) is 12.0. The van der Waals surface area contributed by atoms with Crippen molar-refractivity contribution in [1.29, 1.82) is 0 Å². The van der Waals surface area contributed by atoms with E-state index in [1.807, 2.05) is 0 Å². The Morgan fingerprint density at radius 2 is 2.19 bits per heavy atom. The van der Waals surface area contributed by atoms with E-state index in [9.17, 15) is 12.8 Å². The van der Waals surface area contributed by atoms with Gasteiger partial charge in [-0.2, -0.15) is 4.98 Å². The summed E-state index contributed by atoms with van der Waals surface area (Å²) in [5.74, 6) is -1.20. The summed E-state index contributed by atoms with van der Waals surface area (Å²) in [6.07, 6.45) is 1.25. The monoisotopic (exact) mass is 315 g/mol. The van der Waals surface area contributed by atoms with E-state index < -0.39 is 27.4 Å². The second-order valence-electron chi connectivity index (χ2n) is 4.65. The lowest BCUT2D eigenvalue weighted by Gasteiger charge is -2.04. The molecule has 0 amide bonds. The number of phenols is 1. The lowest BCUT2D eigenvalue weighted by Crippen LogP contribution is -2.16. The Morgan fingerprint density at radius 3 is 2.81 bits per heavy atom. The van der Waals surface area contributed by atoms with Gasteiger partial charge in [-0.15, -0.1) is 0 Å². The number of nitrogens with two attached hydrogens (primary N) is 1. The van der Waals surface area contributed by atoms with Crippen molar-refractivity contribution >= 4 is 9.84 Å². The highest BCUT2D eigenvalue weighted by Crippen LogP contribution is 2.24. The minimum atomic E-state index is -3.13. The van der Waals surface area contributed by atoms with Crippen LogP contribution in [0.2, 0.25) is 0 Å². The summed E-state index contributed by atoms with van der Waals surface area (Å²) < 4.78 is 40.4. The van der Waals surface area contributed by atoms with Gasteiger partial charge in [0.05, 0.1) is 11.8 Å². The molecule has 1 heterocycles. The highest BCUT2D eigenvalue weighted by Gasteiger charge is 2.18. The molecule has 0 saturated carbocycles. The maximum absolute atomic E-state index is 13.3. The van der Waals surface area contributed by atoms with Crippen LogP contribution >= 0.6 is 0 Å². The lowest BCUT2D eigenvalue weighted by atomic mass is 10.2. The van der Waals surface area contributed by atoms with E-state index in [-0.39, 0.29) is 23.9 Å². The van der Waals surface area contributed by atoms with E-state index in [0.29, 0.717) is 5.56 Å². The fraction of sp³-hybridized carbons (Fsp3) is 0.333. The minimum absolute atomic E-state index is 0.0714. The first-order chi connectivity index (χ1) is 9.76. The van der Waals surface area contributed by atoms with E-state index >= 15 is 0 Å². The van der Waals surface area contributed by atoms with Crippen LogP contribution in [0.1, 0.15) is 18.4 Å². The molecular formula is C12H14FN3O4S. The van der Waals surface area contributed by atoms with Gasteiger partial charge in [0, 0.05) is 11.8 Å². The van der Waals surface area contributed by atoms with Gasteiger partial charge < -0.3 is 15.4 Å². The van der Waals surface area contributed by atoms with E-state index in [1.165, 1.54) is 12.1 Å². The number of nitrogens with zero attached hydrogens (tertiary/aromatic N) is 2. The average molecular weight is 315 g/mol. The second-order valence-corrected chi connectivity index (χ2v) is 6.91. The normalized spacial score (nSPS) is 13.3. The molecular weight excluding hydrogens is 301 g/mol. The van der Waals surface area contributed by atoms with Gasteiger partial charge in [0.15, 0.2) is 11.6 Å². The molecule has 0 spiro atoms. The molecule has 1 atom stereocenters. The zero-order chi connectivity index (χ0) is 15.6. The Kier molecular flexibility index (Phi) is 4.24. The smallest absolute Gasteiger partial charge is 0.243 e. The molecule has 0 fully saturated rings. The lowest BCUT2D eigenvalue weighted by molar-refractivity contribution is 0.352. The molecule has 1 unspecified atom stereocenters. The van der Waals surface area contributed by atoms with Crippen molar-refractivity contribution in [2.75, 3.05) is 12.0 Å². The first-order valence-corrected chi connectivity index (χ1v) is 8.08. The number of rotatable bonds is 5. The molecule has 3 N–H and O–H groups in total. The standard InChI is InChI=1S/C12H14FN3O4S/c1-21(18,19)5-4-9(14)12-15-11(16-20-12)7-2-3-10(17)8(13)6-7/h2-3,6,9,17H,4-5,14H2,1H3. The Balaban J connectivity index is 2.15. The Hall–Kier alpha value is -2.00. The SMILES string of the molecule is CS(=O)(=O)CCC(N)c1nc(-c2ccc(O)c(F)c2)no1. The van der Waals surface area contributed by atoms with Crippen molar-refractivity contribution in [2.24, 2.45) is 5.73 Å². The molecule has 1 aromatic carbocycles. The maximum atomic E-state index is 13.3. The largest absolute Gasteiger partial charge is 0.505 e. The Morgan fingerprint density at radius 1 is 1.48 bits per heavy atom. The van der Waals surface area contributed by atoms with Crippen molar-refractivity contribution < 1.29 is 22.4 Å². The average Bonchev–Trinajstić information content (AvgIpc) is 2.88. The molecule has 114 valence electrons. The number of halogens is 1. The van der Waals surface area contributed by atoms with Crippen LogP contribution in [0.3, 0.4) is 0 Å². The topological polar surface area (TPSA) is 119 Å². The number of sulfone groups is 1. The van der Waals surface area contributed by atoms with Gasteiger partial charge in [-0.05, 0) is 24.6 Å². The van der Waals surface area contributed by atoms with E-state index in [2.05, 4.69) is 10.1 Å². The number of hydrogen-bond acceptors (Lipinski definition) is 7. The highest BCUT2D eigenvalue weighted by molar-refractivity contribution is 7.90. The molecule has 0 aliphatic carbocycles. The van der Waals surface area contributed by atoms with Crippen LogP contribution in [0.15, 0.2) is 22.7 Å². The van der Waals surface area contributed by atoms with E-state index in [4.69, 9.17) is 15.4 Å². The van der Waals surface area contributed by atoms with Gasteiger partial charge in [-0.1, -0.05) is 5.16 Å². The van der Waals surface area contributed by atoms with Crippen LogP contribution in [0.5, 0.6) is 5.75 Å². The van der Waals surface area contributed by atoms with Crippen molar-refractivity contribution in [3.05, 3.63) is 29.9 Å². The van der Waals surface area contributed by atoms with Crippen molar-refractivity contribution in [3.8, 4) is 17.1 Å². The molecule has 2 rings (SSSR count). The third-order valence-electron chi connectivity index (χ3n) is 2.76. The fourth-order valence-corrected chi connectivity index (χ4v) is 2.30. The number of hydrogen-bond donors (Lipinski definition) is 2. The van der Waals surface area contributed by atoms with Crippen LogP contribution < -0.4 is 5.73 Å². The third-order valence-corrected chi connectivity index (χ3v) is 3.74. The highest BCUT2D eigenvalue weighted by atomic mass is 32.2. The minimum Gasteiger partial charge on any atom is -0.505 e. The molecule has 21 heavy (non-hydrogen) atoms. The number of aromatic hydroxyl groups is 1. The second kappa shape index (κ2) is 5.78. The first kappa shape index (κ1) is 15.4. The van der Waals surface area contributed by atoms with Gasteiger partial charge in [0.2, 0.25) is 11.7 Å². The summed E-state index contributed by atoms with van der Waals surface area (Å²) >= 11 is 0. The number of aromatic nitrogens is 2. The predicted octanol–water partition coefficient (Wildman–Crippen LogP) is 1.02. The molecule has 0 bridgehead atoms. The van der Waals surface area contributed by atoms with Crippen LogP contribution in [-0.2, 0) is 9.84 Å². The molecule has 0 aliphatic heterocycles. The predicted molar refractivity (Wildman–Crippen MR) is 72.6 cm³/mol. The van der Waals surface area contributed by atoms with E-state index in [0.717, 1.165) is 12.3 Å². The van der Waals surface area contributed by atoms with Gasteiger partial charge in [-0.3, -0.25) is 0 Å². The molecule has 1 aromatic heterocycles. The quantitative estimate of drug-likeness (QED) is 0.845. The Labute approximate surface area is 120 Å². The van der Waals surface area contributed by atoms with Gasteiger partial charge in [0.25, 0.3) is 0 Å². The summed E-state index contributed by atoms with van der Waals surface area (Å²) in [6, 6.07) is 2.94. The zero-order valence-electron chi connectivity index (χ0n) is 11.2. The maximum Gasteiger partial charge on any atom is 0.243 e. The summed E-state index contributed by atoms with van der Waals surface area (Å²) in [7, 11) is -3.13. The van der Waals surface area contributed by atoms with E-state index in [1.54, 1.807) is 0 Å². The van der Waals surface area contributed by atoms with Crippen LogP contribution in [-0.4, -0.2) is 35.7 Å². The summed E-state index contributed by atoms with van der Waals surface area (Å²) in [4.78, 5) is 4.01. The molecule has 0 radical (unpaired) electrons. The number of phenolic OH excluding ortho intramolecular Hbond substituents is 1. The molecule has 7 nitrogen and oxygen atoms in total. The summed E-state index contributed by atoms with van der Waals surface area (Å²) in [6.45, 7) is 0. The molecule has 0 aliphatic rings. The third kappa shape index (κ3) is 3.99. The van der Waals surface area contributed by atoms with Crippen molar-refractivity contribution in [2.45, 2.75) is 12.5 Å². The summed E-state index contributed by atoms with van der Waals surface area (Å²) in [5, 5.41) is 12.8. The fourth-order valence-electron chi connectivity index (χ4n) is 1.61. The summed E-state index contributed by atoms with van der Waals surface area (Å²) in [5.41, 5.74) is 6.09. The molecule has 2 aromatic rings. The molecule has 9 heteroatoms. The van der Waals surface area contributed by atoms with Gasteiger partial charge >= 0.3 is 0 Å². The first-order valence-electron chi connectivity index (χ1n) is 6.02. The molecule has 0 saturated heterocycles. The van der Waals surface area contributed by atoms with Crippen LogP contribution in [0, 0.1) is 5.82 Å². The van der Waals surface area contributed by atoms with Crippen molar-refractivity contribution in [3.63, 3.8) is 0 Å². The van der Waals surface area contributed by atoms with Crippen molar-refractivity contribution in [1.82, 2.24) is 10.1 Å². The van der Waals surface area contributed by atoms with Crippen LogP contribution in [0.4, 0.5) is 4.39 Å².